The quantitative estimate of drug-likeness (QED) is 0.714. The summed E-state index contributed by atoms with van der Waals surface area (Å²) in [6.07, 6.45) is 1.33. The lowest BCUT2D eigenvalue weighted by Gasteiger charge is -2.11. The van der Waals surface area contributed by atoms with Crippen molar-refractivity contribution in [3.05, 3.63) is 35.6 Å². The van der Waals surface area contributed by atoms with Crippen molar-refractivity contribution < 1.29 is 13.9 Å². The molecule has 0 bridgehead atoms. The van der Waals surface area contributed by atoms with Crippen LogP contribution in [-0.2, 0) is 16.0 Å². The zero-order valence-electron chi connectivity index (χ0n) is 9.00. The van der Waals surface area contributed by atoms with E-state index < -0.39 is 0 Å². The molecule has 0 aromatic heterocycles. The van der Waals surface area contributed by atoms with Crippen LogP contribution in [0.25, 0.3) is 0 Å². The third-order valence-corrected chi connectivity index (χ3v) is 2.42. The number of halogens is 1. The van der Waals surface area contributed by atoms with E-state index in [1.165, 1.54) is 19.2 Å². The Morgan fingerprint density at radius 3 is 2.47 bits per heavy atom. The Hall–Kier alpha value is -1.38. The Kier molecular flexibility index (Phi) is 4.28. The Morgan fingerprint density at radius 2 is 2.00 bits per heavy atom. The maximum Gasteiger partial charge on any atom is 0.308 e. The molecular weight excluding hydrogens is 195 g/mol. The Labute approximate surface area is 89.1 Å². The van der Waals surface area contributed by atoms with Crippen molar-refractivity contribution in [2.75, 3.05) is 7.11 Å². The zero-order valence-corrected chi connectivity index (χ0v) is 9.00. The lowest BCUT2D eigenvalue weighted by Crippen LogP contribution is -2.17. The average Bonchev–Trinajstić information content (AvgIpc) is 2.27. The fourth-order valence-corrected chi connectivity index (χ4v) is 1.47. The number of rotatable bonds is 4. The van der Waals surface area contributed by atoms with Gasteiger partial charge in [0, 0.05) is 0 Å². The van der Waals surface area contributed by atoms with Gasteiger partial charge in [-0.05, 0) is 30.5 Å². The van der Waals surface area contributed by atoms with E-state index in [-0.39, 0.29) is 17.7 Å². The predicted molar refractivity (Wildman–Crippen MR) is 55.9 cm³/mol. The van der Waals surface area contributed by atoms with Gasteiger partial charge in [0.05, 0.1) is 13.0 Å². The first-order valence-electron chi connectivity index (χ1n) is 4.99. The van der Waals surface area contributed by atoms with Crippen molar-refractivity contribution in [1.29, 1.82) is 0 Å². The molecule has 1 aromatic carbocycles. The molecule has 0 aliphatic carbocycles. The second-order valence-electron chi connectivity index (χ2n) is 3.46. The summed E-state index contributed by atoms with van der Waals surface area (Å²) in [6, 6.07) is 6.19. The molecule has 3 heteroatoms. The van der Waals surface area contributed by atoms with E-state index >= 15 is 0 Å². The molecule has 0 N–H and O–H groups in total. The van der Waals surface area contributed by atoms with Gasteiger partial charge in [0.2, 0.25) is 0 Å². The summed E-state index contributed by atoms with van der Waals surface area (Å²) in [4.78, 5) is 11.3. The second-order valence-corrected chi connectivity index (χ2v) is 3.46. The Balaban J connectivity index is 2.66. The normalized spacial score (nSPS) is 12.2. The van der Waals surface area contributed by atoms with E-state index in [2.05, 4.69) is 4.74 Å². The van der Waals surface area contributed by atoms with E-state index in [0.29, 0.717) is 6.42 Å². The molecule has 1 aromatic rings. The molecule has 0 spiro atoms. The number of ether oxygens (including phenoxy) is 1. The van der Waals surface area contributed by atoms with Gasteiger partial charge in [-0.1, -0.05) is 19.1 Å². The monoisotopic (exact) mass is 210 g/mol. The van der Waals surface area contributed by atoms with Gasteiger partial charge in [-0.2, -0.15) is 0 Å². The third-order valence-electron chi connectivity index (χ3n) is 2.42. The van der Waals surface area contributed by atoms with E-state index in [9.17, 15) is 9.18 Å². The second kappa shape index (κ2) is 5.49. The molecule has 1 rings (SSSR count). The topological polar surface area (TPSA) is 26.3 Å². The van der Waals surface area contributed by atoms with Crippen molar-refractivity contribution in [2.24, 2.45) is 5.92 Å². The van der Waals surface area contributed by atoms with Gasteiger partial charge in [-0.15, -0.1) is 0 Å². The molecule has 0 saturated carbocycles. The van der Waals surface area contributed by atoms with Gasteiger partial charge in [0.15, 0.2) is 0 Å². The first kappa shape index (κ1) is 11.7. The van der Waals surface area contributed by atoms with Crippen molar-refractivity contribution in [3.63, 3.8) is 0 Å². The number of carbonyl (C=O) groups excluding carboxylic acids is 1. The van der Waals surface area contributed by atoms with Crippen LogP contribution >= 0.6 is 0 Å². The van der Waals surface area contributed by atoms with Crippen LogP contribution in [0.3, 0.4) is 0 Å². The molecular formula is C12H15FO2. The molecule has 0 amide bonds. The molecule has 0 fully saturated rings. The zero-order chi connectivity index (χ0) is 11.3. The molecule has 15 heavy (non-hydrogen) atoms. The third kappa shape index (κ3) is 3.35. The SMILES string of the molecule is CCC(Cc1ccc(F)cc1)C(=O)OC. The highest BCUT2D eigenvalue weighted by molar-refractivity contribution is 5.72. The minimum atomic E-state index is -0.259. The molecule has 2 nitrogen and oxygen atoms in total. The van der Waals surface area contributed by atoms with E-state index in [0.717, 1.165) is 12.0 Å². The maximum absolute atomic E-state index is 12.6. The van der Waals surface area contributed by atoms with E-state index in [1.807, 2.05) is 6.92 Å². The number of methoxy groups -OCH3 is 1. The summed E-state index contributed by atoms with van der Waals surface area (Å²) < 4.78 is 17.3. The Bertz CT molecular complexity index is 319. The summed E-state index contributed by atoms with van der Waals surface area (Å²) in [5.41, 5.74) is 0.952. The van der Waals surface area contributed by atoms with Gasteiger partial charge in [-0.25, -0.2) is 4.39 Å². The predicted octanol–water partition coefficient (Wildman–Crippen LogP) is 2.57. The summed E-state index contributed by atoms with van der Waals surface area (Å²) in [7, 11) is 1.38. The van der Waals surface area contributed by atoms with E-state index in [1.54, 1.807) is 12.1 Å². The average molecular weight is 210 g/mol. The van der Waals surface area contributed by atoms with Crippen LogP contribution < -0.4 is 0 Å². The molecule has 1 unspecified atom stereocenters. The van der Waals surface area contributed by atoms with Crippen molar-refractivity contribution in [1.82, 2.24) is 0 Å². The van der Waals surface area contributed by atoms with Gasteiger partial charge >= 0.3 is 5.97 Å². The molecule has 1 atom stereocenters. The molecule has 0 radical (unpaired) electrons. The fraction of sp³-hybridized carbons (Fsp3) is 0.417. The number of benzene rings is 1. The van der Waals surface area contributed by atoms with Crippen molar-refractivity contribution >= 4 is 5.97 Å². The van der Waals surface area contributed by atoms with Gasteiger partial charge in [0.25, 0.3) is 0 Å². The molecule has 0 saturated heterocycles. The Morgan fingerprint density at radius 1 is 1.40 bits per heavy atom. The van der Waals surface area contributed by atoms with Crippen molar-refractivity contribution in [2.45, 2.75) is 19.8 Å². The lowest BCUT2D eigenvalue weighted by molar-refractivity contribution is -0.145. The number of hydrogen-bond donors (Lipinski definition) is 0. The van der Waals surface area contributed by atoms with Crippen LogP contribution in [0, 0.1) is 11.7 Å². The first-order valence-corrected chi connectivity index (χ1v) is 4.99. The van der Waals surface area contributed by atoms with Gasteiger partial charge in [-0.3, -0.25) is 4.79 Å². The molecule has 82 valence electrons. The van der Waals surface area contributed by atoms with Crippen molar-refractivity contribution in [3.8, 4) is 0 Å². The lowest BCUT2D eigenvalue weighted by atomic mass is 9.97. The minimum Gasteiger partial charge on any atom is -0.469 e. The molecule has 0 aliphatic heterocycles. The van der Waals surface area contributed by atoms with Crippen LogP contribution in [0.15, 0.2) is 24.3 Å². The van der Waals surface area contributed by atoms with Crippen LogP contribution in [0.1, 0.15) is 18.9 Å². The number of esters is 1. The molecule has 0 aliphatic rings. The number of hydrogen-bond acceptors (Lipinski definition) is 2. The smallest absolute Gasteiger partial charge is 0.308 e. The molecule has 0 heterocycles. The van der Waals surface area contributed by atoms with Crippen LogP contribution in [0.5, 0.6) is 0 Å². The van der Waals surface area contributed by atoms with Gasteiger partial charge < -0.3 is 4.74 Å². The van der Waals surface area contributed by atoms with Gasteiger partial charge in [0.1, 0.15) is 5.82 Å². The van der Waals surface area contributed by atoms with E-state index in [4.69, 9.17) is 0 Å². The maximum atomic E-state index is 12.6. The minimum absolute atomic E-state index is 0.138. The fourth-order valence-electron chi connectivity index (χ4n) is 1.47. The summed E-state index contributed by atoms with van der Waals surface area (Å²) in [6.45, 7) is 1.94. The highest BCUT2D eigenvalue weighted by Crippen LogP contribution is 2.14. The summed E-state index contributed by atoms with van der Waals surface area (Å²) >= 11 is 0. The first-order chi connectivity index (χ1) is 7.17. The van der Waals surface area contributed by atoms with Crippen LogP contribution in [-0.4, -0.2) is 13.1 Å². The van der Waals surface area contributed by atoms with Crippen LogP contribution in [0.2, 0.25) is 0 Å². The highest BCUT2D eigenvalue weighted by Gasteiger charge is 2.17. The summed E-state index contributed by atoms with van der Waals surface area (Å²) in [5.74, 6) is -0.604. The standard InChI is InChI=1S/C12H15FO2/c1-3-10(12(14)15-2)8-9-4-6-11(13)7-5-9/h4-7,10H,3,8H2,1-2H3. The summed E-state index contributed by atoms with van der Waals surface area (Å²) in [5, 5.41) is 0. The van der Waals surface area contributed by atoms with Crippen LogP contribution in [0.4, 0.5) is 4.39 Å². The highest BCUT2D eigenvalue weighted by atomic mass is 19.1. The largest absolute Gasteiger partial charge is 0.469 e. The number of carbonyl (C=O) groups is 1.